The van der Waals surface area contributed by atoms with E-state index in [9.17, 15) is 9.59 Å². The molecule has 1 fully saturated rings. The molecule has 3 rings (SSSR count). The fourth-order valence-electron chi connectivity index (χ4n) is 2.51. The number of anilines is 1. The smallest absolute Gasteiger partial charge is 0.234 e. The number of piperidine rings is 1. The lowest BCUT2D eigenvalue weighted by Crippen LogP contribution is -2.42. The van der Waals surface area contributed by atoms with Crippen molar-refractivity contribution in [3.63, 3.8) is 0 Å². The molecule has 2 heterocycles. The lowest BCUT2D eigenvalue weighted by molar-refractivity contribution is -0.130. The van der Waals surface area contributed by atoms with Gasteiger partial charge in [0.15, 0.2) is 0 Å². The summed E-state index contributed by atoms with van der Waals surface area (Å²) in [5, 5.41) is 6.78. The van der Waals surface area contributed by atoms with E-state index in [1.165, 1.54) is 4.90 Å². The van der Waals surface area contributed by atoms with Crippen molar-refractivity contribution in [2.45, 2.75) is 19.8 Å². The minimum absolute atomic E-state index is 0.127. The highest BCUT2D eigenvalue weighted by atomic mass is 16.2. The molecule has 0 aliphatic carbocycles. The van der Waals surface area contributed by atoms with E-state index in [2.05, 4.69) is 10.2 Å². The molecule has 5 nitrogen and oxygen atoms in total. The molecule has 1 aromatic heterocycles. The Bertz CT molecular complexity index is 631. The molecule has 1 aliphatic heterocycles. The van der Waals surface area contributed by atoms with Gasteiger partial charge in [-0.2, -0.15) is 5.10 Å². The summed E-state index contributed by atoms with van der Waals surface area (Å²) in [6, 6.07) is 9.22. The number of amides is 2. The van der Waals surface area contributed by atoms with E-state index in [4.69, 9.17) is 0 Å². The number of imide groups is 1. The van der Waals surface area contributed by atoms with Gasteiger partial charge in [-0.05, 0) is 24.1 Å². The van der Waals surface area contributed by atoms with Crippen molar-refractivity contribution in [2.75, 3.05) is 4.90 Å². The molecule has 0 atom stereocenters. The van der Waals surface area contributed by atoms with Gasteiger partial charge in [-0.1, -0.05) is 19.1 Å². The first-order chi connectivity index (χ1) is 9.65. The number of hydrogen-bond acceptors (Lipinski definition) is 3. The first-order valence-corrected chi connectivity index (χ1v) is 6.61. The normalized spacial score (nSPS) is 16.8. The standard InChI is InChI=1S/C15H15N3O2/c1-10-7-14(19)18(15(20)8-10)12-4-2-3-11(9-12)13-5-6-16-17-13/h2-6,9-10H,7-8H2,1H3,(H,16,17). The molecular weight excluding hydrogens is 254 g/mol. The third-order valence-electron chi connectivity index (χ3n) is 3.46. The minimum Gasteiger partial charge on any atom is -0.278 e. The van der Waals surface area contributed by atoms with Gasteiger partial charge < -0.3 is 0 Å². The van der Waals surface area contributed by atoms with Crippen LogP contribution in [0.2, 0.25) is 0 Å². The Morgan fingerprint density at radius 1 is 1.20 bits per heavy atom. The molecule has 102 valence electrons. The molecule has 0 spiro atoms. The average Bonchev–Trinajstić information content (AvgIpc) is 2.91. The molecule has 2 aromatic rings. The molecule has 1 N–H and O–H groups in total. The third-order valence-corrected chi connectivity index (χ3v) is 3.46. The highest BCUT2D eigenvalue weighted by Crippen LogP contribution is 2.28. The van der Waals surface area contributed by atoms with Gasteiger partial charge in [0.25, 0.3) is 0 Å². The highest BCUT2D eigenvalue weighted by molar-refractivity contribution is 6.16. The van der Waals surface area contributed by atoms with E-state index in [0.717, 1.165) is 11.3 Å². The van der Waals surface area contributed by atoms with Crippen LogP contribution in [-0.2, 0) is 9.59 Å². The van der Waals surface area contributed by atoms with Crippen LogP contribution >= 0.6 is 0 Å². The number of nitrogens with zero attached hydrogens (tertiary/aromatic N) is 2. The summed E-state index contributed by atoms with van der Waals surface area (Å²) in [4.78, 5) is 25.5. The lowest BCUT2D eigenvalue weighted by Gasteiger charge is -2.28. The van der Waals surface area contributed by atoms with Gasteiger partial charge in [-0.3, -0.25) is 19.6 Å². The Balaban J connectivity index is 1.96. The van der Waals surface area contributed by atoms with Crippen LogP contribution in [0.3, 0.4) is 0 Å². The van der Waals surface area contributed by atoms with E-state index in [0.29, 0.717) is 18.5 Å². The average molecular weight is 269 g/mol. The third kappa shape index (κ3) is 2.22. The van der Waals surface area contributed by atoms with E-state index in [1.54, 1.807) is 12.3 Å². The molecule has 20 heavy (non-hydrogen) atoms. The maximum absolute atomic E-state index is 12.1. The molecule has 5 heteroatoms. The van der Waals surface area contributed by atoms with Crippen molar-refractivity contribution >= 4 is 17.5 Å². The molecule has 1 saturated heterocycles. The van der Waals surface area contributed by atoms with Gasteiger partial charge in [0, 0.05) is 24.6 Å². The first-order valence-electron chi connectivity index (χ1n) is 6.61. The van der Waals surface area contributed by atoms with Crippen molar-refractivity contribution in [2.24, 2.45) is 5.92 Å². The van der Waals surface area contributed by atoms with Gasteiger partial charge in [0.2, 0.25) is 11.8 Å². The Morgan fingerprint density at radius 3 is 2.60 bits per heavy atom. The zero-order valence-electron chi connectivity index (χ0n) is 11.2. The molecule has 0 bridgehead atoms. The van der Waals surface area contributed by atoms with E-state index in [1.807, 2.05) is 31.2 Å². The summed E-state index contributed by atoms with van der Waals surface area (Å²) in [7, 11) is 0. The second-order valence-corrected chi connectivity index (χ2v) is 5.16. The summed E-state index contributed by atoms with van der Waals surface area (Å²) in [5.41, 5.74) is 2.38. The summed E-state index contributed by atoms with van der Waals surface area (Å²) < 4.78 is 0. The SMILES string of the molecule is CC1CC(=O)N(c2cccc(-c3ccn[nH]3)c2)C(=O)C1. The topological polar surface area (TPSA) is 66.1 Å². The van der Waals surface area contributed by atoms with Crippen molar-refractivity contribution < 1.29 is 9.59 Å². The number of nitrogens with one attached hydrogen (secondary N) is 1. The monoisotopic (exact) mass is 269 g/mol. The van der Waals surface area contributed by atoms with E-state index in [-0.39, 0.29) is 17.7 Å². The zero-order chi connectivity index (χ0) is 14.1. The molecule has 0 saturated carbocycles. The zero-order valence-corrected chi connectivity index (χ0v) is 11.2. The van der Waals surface area contributed by atoms with Crippen LogP contribution in [0, 0.1) is 5.92 Å². The molecule has 1 aromatic carbocycles. The maximum Gasteiger partial charge on any atom is 0.234 e. The minimum atomic E-state index is -0.129. The molecular formula is C15H15N3O2. The van der Waals surface area contributed by atoms with Crippen molar-refractivity contribution in [3.05, 3.63) is 36.5 Å². The van der Waals surface area contributed by atoms with Crippen molar-refractivity contribution in [1.82, 2.24) is 10.2 Å². The first kappa shape index (κ1) is 12.6. The van der Waals surface area contributed by atoms with Crippen LogP contribution in [0.1, 0.15) is 19.8 Å². The number of aromatic nitrogens is 2. The predicted molar refractivity (Wildman–Crippen MR) is 74.9 cm³/mol. The Hall–Kier alpha value is -2.43. The Labute approximate surface area is 116 Å². The van der Waals surface area contributed by atoms with Crippen LogP contribution < -0.4 is 4.90 Å². The number of H-pyrrole nitrogens is 1. The van der Waals surface area contributed by atoms with Gasteiger partial charge in [-0.25, -0.2) is 0 Å². The van der Waals surface area contributed by atoms with Gasteiger partial charge in [0.05, 0.1) is 11.4 Å². The van der Waals surface area contributed by atoms with Crippen LogP contribution in [0.5, 0.6) is 0 Å². The van der Waals surface area contributed by atoms with Gasteiger partial charge in [-0.15, -0.1) is 0 Å². The van der Waals surface area contributed by atoms with E-state index >= 15 is 0 Å². The van der Waals surface area contributed by atoms with Crippen LogP contribution in [-0.4, -0.2) is 22.0 Å². The van der Waals surface area contributed by atoms with Gasteiger partial charge >= 0.3 is 0 Å². The highest BCUT2D eigenvalue weighted by Gasteiger charge is 2.31. The predicted octanol–water partition coefficient (Wildman–Crippen LogP) is 2.37. The summed E-state index contributed by atoms with van der Waals surface area (Å²) in [5.74, 6) is -0.131. The van der Waals surface area contributed by atoms with Gasteiger partial charge in [0.1, 0.15) is 0 Å². The Kier molecular flexibility index (Phi) is 3.10. The molecule has 0 radical (unpaired) electrons. The second-order valence-electron chi connectivity index (χ2n) is 5.16. The maximum atomic E-state index is 12.1. The Morgan fingerprint density at radius 2 is 1.95 bits per heavy atom. The lowest BCUT2D eigenvalue weighted by atomic mass is 9.97. The summed E-state index contributed by atoms with van der Waals surface area (Å²) >= 11 is 0. The van der Waals surface area contributed by atoms with Crippen molar-refractivity contribution in [3.8, 4) is 11.3 Å². The van der Waals surface area contributed by atoms with Crippen molar-refractivity contribution in [1.29, 1.82) is 0 Å². The van der Waals surface area contributed by atoms with Crippen LogP contribution in [0.15, 0.2) is 36.5 Å². The largest absolute Gasteiger partial charge is 0.278 e. The number of benzene rings is 1. The summed E-state index contributed by atoms with van der Waals surface area (Å²) in [6.45, 7) is 1.92. The fourth-order valence-corrected chi connectivity index (χ4v) is 2.51. The second kappa shape index (κ2) is 4.92. The number of carbonyl (C=O) groups excluding carboxylic acids is 2. The number of rotatable bonds is 2. The van der Waals surface area contributed by atoms with Crippen LogP contribution in [0.25, 0.3) is 11.3 Å². The fraction of sp³-hybridized carbons (Fsp3) is 0.267. The van der Waals surface area contributed by atoms with E-state index < -0.39 is 0 Å². The molecule has 1 aliphatic rings. The quantitative estimate of drug-likeness (QED) is 0.851. The molecule has 0 unspecified atom stereocenters. The number of hydrogen-bond donors (Lipinski definition) is 1. The number of aromatic amines is 1. The summed E-state index contributed by atoms with van der Waals surface area (Å²) in [6.07, 6.45) is 2.50. The number of carbonyl (C=O) groups is 2. The van der Waals surface area contributed by atoms with Crippen LogP contribution in [0.4, 0.5) is 5.69 Å². The molecule has 2 amide bonds.